The summed E-state index contributed by atoms with van der Waals surface area (Å²) in [5.41, 5.74) is 7.30. The second-order valence-corrected chi connectivity index (χ2v) is 14.3. The quantitative estimate of drug-likeness (QED) is 0.175. The van der Waals surface area contributed by atoms with Gasteiger partial charge in [-0.1, -0.05) is 90.3 Å². The first-order valence-corrected chi connectivity index (χ1v) is 16.3. The van der Waals surface area contributed by atoms with Gasteiger partial charge in [-0.15, -0.1) is 46.2 Å². The van der Waals surface area contributed by atoms with Crippen LogP contribution in [0.1, 0.15) is 83.6 Å². The van der Waals surface area contributed by atoms with Crippen LogP contribution in [0.3, 0.4) is 0 Å². The zero-order valence-corrected chi connectivity index (χ0v) is 28.8. The average Bonchev–Trinajstić information content (AvgIpc) is 3.65. The first-order chi connectivity index (χ1) is 20.0. The Morgan fingerprint density at radius 2 is 1.14 bits per heavy atom. The molecule has 1 aliphatic carbocycles. The van der Waals surface area contributed by atoms with Gasteiger partial charge in [0.1, 0.15) is 0 Å². The molecule has 0 spiro atoms. The Hall–Kier alpha value is -3.02. The Morgan fingerprint density at radius 3 is 1.48 bits per heavy atom. The Labute approximate surface area is 268 Å². The second-order valence-electron chi connectivity index (χ2n) is 13.0. The number of allylic oxidation sites excluding steroid dienone is 4. The van der Waals surface area contributed by atoms with Crippen molar-refractivity contribution in [2.75, 3.05) is 0 Å². The van der Waals surface area contributed by atoms with Crippen molar-refractivity contribution in [1.29, 1.82) is 0 Å². The van der Waals surface area contributed by atoms with Crippen LogP contribution in [0.15, 0.2) is 121 Å². The molecule has 0 bridgehead atoms. The summed E-state index contributed by atoms with van der Waals surface area (Å²) in [6.45, 7) is 15.8. The summed E-state index contributed by atoms with van der Waals surface area (Å²) in [7, 11) is 0. The molecule has 0 radical (unpaired) electrons. The van der Waals surface area contributed by atoms with Gasteiger partial charge < -0.3 is 0 Å². The molecule has 0 aromatic heterocycles. The molecular weight excluding hydrogens is 584 g/mol. The normalized spacial score (nSPS) is 12.8. The van der Waals surface area contributed by atoms with Gasteiger partial charge in [0, 0.05) is 0 Å². The molecule has 0 heterocycles. The van der Waals surface area contributed by atoms with Crippen LogP contribution in [0.2, 0.25) is 0 Å². The van der Waals surface area contributed by atoms with Gasteiger partial charge in [0.05, 0.1) is 0 Å². The molecule has 0 saturated heterocycles. The molecule has 0 unspecified atom stereocenters. The van der Waals surface area contributed by atoms with Crippen molar-refractivity contribution in [1.82, 2.24) is 0 Å². The van der Waals surface area contributed by atoms with E-state index in [1.807, 2.05) is 0 Å². The van der Waals surface area contributed by atoms with Crippen molar-refractivity contribution in [3.63, 3.8) is 0 Å². The van der Waals surface area contributed by atoms with Crippen LogP contribution in [-0.2, 0) is 35.1 Å². The van der Waals surface area contributed by atoms with Gasteiger partial charge in [0.15, 0.2) is 0 Å². The zero-order chi connectivity index (χ0) is 30.3. The Morgan fingerprint density at radius 1 is 0.690 bits per heavy atom. The van der Waals surface area contributed by atoms with E-state index in [0.717, 1.165) is 12.8 Å². The maximum atomic E-state index is 3.11. The molecule has 212 valence electrons. The molecule has 6 rings (SSSR count). The SMILES string of the molecule is CC(C)(C)c1ccc2c(c1)[cH-]c1cc(C(C)(C)C)ccc12.CCC1=CC[C-]=C1.[Zr+2]=[C](c1ccccc1)c1ccccc1. The fraction of sp³-hybridized carbons (Fsp3) is 0.268. The van der Waals surface area contributed by atoms with Crippen molar-refractivity contribution < 1.29 is 24.2 Å². The van der Waals surface area contributed by atoms with E-state index in [1.165, 1.54) is 76.8 Å². The van der Waals surface area contributed by atoms with E-state index in [-0.39, 0.29) is 10.8 Å². The Balaban J connectivity index is 0.000000165. The minimum absolute atomic E-state index is 0.203. The van der Waals surface area contributed by atoms with Crippen molar-refractivity contribution in [3.8, 4) is 0 Å². The number of benzene rings is 4. The van der Waals surface area contributed by atoms with Crippen molar-refractivity contribution >= 4 is 24.8 Å². The van der Waals surface area contributed by atoms with Crippen molar-refractivity contribution in [2.24, 2.45) is 0 Å². The summed E-state index contributed by atoms with van der Waals surface area (Å²) in [5, 5.41) is 5.48. The molecule has 5 aromatic carbocycles. The van der Waals surface area contributed by atoms with Gasteiger partial charge in [-0.05, 0) is 10.8 Å². The molecule has 0 saturated carbocycles. The van der Waals surface area contributed by atoms with Crippen LogP contribution >= 0.6 is 0 Å². The third-order valence-electron chi connectivity index (χ3n) is 7.74. The van der Waals surface area contributed by atoms with Gasteiger partial charge in [-0.25, -0.2) is 11.6 Å². The standard InChI is InChI=1S/C21H25.C13H10.C7H9.Zr/c1-20(2,3)16-7-9-18-14(12-16)11-15-13-17(21(4,5)6)8-10-19(15)18;1-3-7-12(8-4-1)11-13-9-5-2-6-10-13;1-2-7-5-3-4-6-7;/h7-13H,1-6H3;1-10H;5-6H,2-3H2,1H3;/q-1;;-1;+2. The van der Waals surface area contributed by atoms with Crippen LogP contribution in [0.5, 0.6) is 0 Å². The maximum absolute atomic E-state index is 3.11. The molecule has 1 aliphatic rings. The summed E-state index contributed by atoms with van der Waals surface area (Å²) in [6.07, 6.45) is 9.57. The van der Waals surface area contributed by atoms with Gasteiger partial charge in [0.2, 0.25) is 0 Å². The van der Waals surface area contributed by atoms with E-state index >= 15 is 0 Å². The number of rotatable bonds is 3. The summed E-state index contributed by atoms with van der Waals surface area (Å²) >= 11 is 1.46. The van der Waals surface area contributed by atoms with Crippen molar-refractivity contribution in [2.45, 2.75) is 72.1 Å². The summed E-state index contributed by atoms with van der Waals surface area (Å²) in [4.78, 5) is 0. The molecule has 0 amide bonds. The third kappa shape index (κ3) is 8.29. The molecular formula is C41H44Zr. The molecule has 0 fully saturated rings. The number of hydrogen-bond acceptors (Lipinski definition) is 0. The molecule has 1 heteroatoms. The zero-order valence-electron chi connectivity index (χ0n) is 26.4. The molecule has 0 aliphatic heterocycles. The van der Waals surface area contributed by atoms with E-state index < -0.39 is 0 Å². The fourth-order valence-electron chi connectivity index (χ4n) is 5.02. The van der Waals surface area contributed by atoms with Crippen LogP contribution in [0.4, 0.5) is 0 Å². The Kier molecular flexibility index (Phi) is 10.6. The third-order valence-corrected chi connectivity index (χ3v) is 9.16. The predicted octanol–water partition coefficient (Wildman–Crippen LogP) is 11.2. The van der Waals surface area contributed by atoms with E-state index in [0.29, 0.717) is 0 Å². The average molecular weight is 628 g/mol. The minimum atomic E-state index is 0.203. The molecule has 5 aromatic rings. The molecule has 42 heavy (non-hydrogen) atoms. The van der Waals surface area contributed by atoms with Crippen LogP contribution in [0, 0.1) is 6.08 Å². The van der Waals surface area contributed by atoms with E-state index in [2.05, 4.69) is 170 Å². The number of hydrogen-bond donors (Lipinski definition) is 0. The van der Waals surface area contributed by atoms with Gasteiger partial charge in [-0.2, -0.15) is 6.08 Å². The van der Waals surface area contributed by atoms with Gasteiger partial charge >= 0.3 is 99.2 Å². The fourth-order valence-corrected chi connectivity index (χ4v) is 5.84. The summed E-state index contributed by atoms with van der Waals surface area (Å²) in [6, 6.07) is 37.3. The van der Waals surface area contributed by atoms with Crippen LogP contribution in [-0.4, -0.2) is 3.21 Å². The van der Waals surface area contributed by atoms with Crippen LogP contribution < -0.4 is 0 Å². The Bertz CT molecular complexity index is 1570. The monoisotopic (exact) mass is 626 g/mol. The summed E-state index contributed by atoms with van der Waals surface area (Å²) < 4.78 is 1.42. The van der Waals surface area contributed by atoms with Crippen LogP contribution in [0.25, 0.3) is 21.5 Å². The second kappa shape index (κ2) is 14.0. The predicted molar refractivity (Wildman–Crippen MR) is 181 cm³/mol. The van der Waals surface area contributed by atoms with Gasteiger partial charge in [0.25, 0.3) is 0 Å². The van der Waals surface area contributed by atoms with E-state index in [9.17, 15) is 0 Å². The topological polar surface area (TPSA) is 0 Å². The molecule has 0 atom stereocenters. The molecule has 0 N–H and O–H groups in total. The van der Waals surface area contributed by atoms with E-state index in [1.54, 1.807) is 0 Å². The van der Waals surface area contributed by atoms with Crippen molar-refractivity contribution in [3.05, 3.63) is 149 Å². The number of fused-ring (bicyclic) bond motifs is 3. The first kappa shape index (κ1) is 31.9. The van der Waals surface area contributed by atoms with E-state index in [4.69, 9.17) is 0 Å². The van der Waals surface area contributed by atoms with Gasteiger partial charge in [-0.3, -0.25) is 6.08 Å². The summed E-state index contributed by atoms with van der Waals surface area (Å²) in [5.74, 6) is 0. The molecule has 0 nitrogen and oxygen atoms in total. The first-order valence-electron chi connectivity index (χ1n) is 15.1.